The van der Waals surface area contributed by atoms with Crippen LogP contribution < -0.4 is 5.56 Å². The molecule has 0 saturated heterocycles. The smallest absolute Gasteiger partial charge is 0.280 e. The standard InChI is InChI=1S/C23H24ClN5O/c1-13-5-4-6-18(14(13)2)28-12-11-19-21(23(28)30)25-26-22-20(15(3)27-29(19)22)16-7-9-17(24)10-8-16/h7-14,18H,4-6H2,1-3H3/t13-,14+,18+/m0/s1. The summed E-state index contributed by atoms with van der Waals surface area (Å²) in [6.07, 6.45) is 5.30. The molecule has 1 aromatic carbocycles. The second kappa shape index (κ2) is 7.20. The van der Waals surface area contributed by atoms with Crippen molar-refractivity contribution in [2.24, 2.45) is 11.8 Å². The molecule has 3 aromatic heterocycles. The molecule has 4 aromatic rings. The fourth-order valence-corrected chi connectivity index (χ4v) is 4.96. The van der Waals surface area contributed by atoms with Gasteiger partial charge in [-0.25, -0.2) is 4.52 Å². The first-order valence-electron chi connectivity index (χ1n) is 10.5. The Kier molecular flexibility index (Phi) is 4.62. The molecule has 154 valence electrons. The van der Waals surface area contributed by atoms with Crippen molar-refractivity contribution < 1.29 is 0 Å². The van der Waals surface area contributed by atoms with Crippen LogP contribution in [0.25, 0.3) is 27.8 Å². The average molecular weight is 422 g/mol. The Bertz CT molecular complexity index is 1310. The normalized spacial score (nSPS) is 22.1. The van der Waals surface area contributed by atoms with Crippen molar-refractivity contribution in [3.8, 4) is 11.1 Å². The Morgan fingerprint density at radius 1 is 1.07 bits per heavy atom. The van der Waals surface area contributed by atoms with Crippen LogP contribution >= 0.6 is 11.6 Å². The maximum absolute atomic E-state index is 13.3. The van der Waals surface area contributed by atoms with Crippen molar-refractivity contribution in [2.75, 3.05) is 0 Å². The van der Waals surface area contributed by atoms with E-state index >= 15 is 0 Å². The van der Waals surface area contributed by atoms with Crippen LogP contribution in [0, 0.1) is 18.8 Å². The van der Waals surface area contributed by atoms with E-state index in [0.717, 1.165) is 29.7 Å². The number of rotatable bonds is 2. The van der Waals surface area contributed by atoms with Gasteiger partial charge >= 0.3 is 0 Å². The van der Waals surface area contributed by atoms with Gasteiger partial charge in [0.1, 0.15) is 5.52 Å². The minimum Gasteiger partial charge on any atom is -0.310 e. The van der Waals surface area contributed by atoms with E-state index in [0.29, 0.717) is 33.5 Å². The second-order valence-electron chi connectivity index (χ2n) is 8.50. The van der Waals surface area contributed by atoms with Gasteiger partial charge in [0.2, 0.25) is 0 Å². The highest BCUT2D eigenvalue weighted by atomic mass is 35.5. The summed E-state index contributed by atoms with van der Waals surface area (Å²) < 4.78 is 3.60. The molecule has 0 bridgehead atoms. The van der Waals surface area contributed by atoms with Crippen LogP contribution in [0.1, 0.15) is 44.8 Å². The van der Waals surface area contributed by atoms with E-state index in [-0.39, 0.29) is 11.6 Å². The van der Waals surface area contributed by atoms with E-state index in [1.165, 1.54) is 6.42 Å². The summed E-state index contributed by atoms with van der Waals surface area (Å²) in [5, 5.41) is 14.1. The quantitative estimate of drug-likeness (QED) is 0.453. The molecular weight excluding hydrogens is 398 g/mol. The molecule has 30 heavy (non-hydrogen) atoms. The molecule has 7 heteroatoms. The molecule has 0 aliphatic heterocycles. The SMILES string of the molecule is Cc1nn2c(nnc3c(=O)n([C@@H]4CCC[C@H](C)[C@H]4C)ccc32)c1-c1ccc(Cl)cc1. The van der Waals surface area contributed by atoms with Crippen molar-refractivity contribution in [3.05, 3.63) is 57.6 Å². The van der Waals surface area contributed by atoms with E-state index in [2.05, 4.69) is 29.1 Å². The van der Waals surface area contributed by atoms with Crippen LogP contribution in [0.5, 0.6) is 0 Å². The third-order valence-corrected chi connectivity index (χ3v) is 6.99. The Morgan fingerprint density at radius 3 is 2.60 bits per heavy atom. The number of aromatic nitrogens is 5. The van der Waals surface area contributed by atoms with Gasteiger partial charge in [0.15, 0.2) is 11.2 Å². The molecule has 0 N–H and O–H groups in total. The van der Waals surface area contributed by atoms with Gasteiger partial charge in [0.25, 0.3) is 5.56 Å². The van der Waals surface area contributed by atoms with E-state index < -0.39 is 0 Å². The molecule has 0 unspecified atom stereocenters. The van der Waals surface area contributed by atoms with Crippen LogP contribution in [0.4, 0.5) is 0 Å². The zero-order chi connectivity index (χ0) is 21.0. The van der Waals surface area contributed by atoms with Gasteiger partial charge in [0, 0.05) is 17.3 Å². The summed E-state index contributed by atoms with van der Waals surface area (Å²) in [5.74, 6) is 1.06. The van der Waals surface area contributed by atoms with E-state index in [9.17, 15) is 4.79 Å². The van der Waals surface area contributed by atoms with Crippen molar-refractivity contribution in [3.63, 3.8) is 0 Å². The molecule has 6 nitrogen and oxygen atoms in total. The Labute approximate surface area is 179 Å². The molecule has 1 aliphatic carbocycles. The first-order chi connectivity index (χ1) is 14.5. The van der Waals surface area contributed by atoms with Crippen LogP contribution in [0.3, 0.4) is 0 Å². The Morgan fingerprint density at radius 2 is 1.83 bits per heavy atom. The highest BCUT2D eigenvalue weighted by molar-refractivity contribution is 6.30. The van der Waals surface area contributed by atoms with Crippen molar-refractivity contribution in [2.45, 2.75) is 46.1 Å². The maximum Gasteiger partial charge on any atom is 0.280 e. The van der Waals surface area contributed by atoms with E-state index in [1.54, 1.807) is 4.52 Å². The molecule has 0 spiro atoms. The number of halogens is 1. The number of aryl methyl sites for hydroxylation is 1. The van der Waals surface area contributed by atoms with Gasteiger partial charge in [-0.1, -0.05) is 50.4 Å². The van der Waals surface area contributed by atoms with Gasteiger partial charge in [-0.05, 0) is 48.9 Å². The van der Waals surface area contributed by atoms with Gasteiger partial charge < -0.3 is 4.57 Å². The predicted octanol–water partition coefficient (Wildman–Crippen LogP) is 5.07. The minimum atomic E-state index is -0.0888. The van der Waals surface area contributed by atoms with Crippen molar-refractivity contribution >= 4 is 28.3 Å². The number of benzene rings is 1. The molecule has 0 radical (unpaired) electrons. The zero-order valence-corrected chi connectivity index (χ0v) is 18.1. The molecular formula is C23H24ClN5O. The van der Waals surface area contributed by atoms with Gasteiger partial charge in [0.05, 0.1) is 11.3 Å². The lowest BCUT2D eigenvalue weighted by Crippen LogP contribution is -2.34. The maximum atomic E-state index is 13.3. The number of fused-ring (bicyclic) bond motifs is 3. The van der Waals surface area contributed by atoms with Crippen LogP contribution in [-0.4, -0.2) is 24.4 Å². The highest BCUT2D eigenvalue weighted by Gasteiger charge is 2.29. The first-order valence-corrected chi connectivity index (χ1v) is 10.9. The molecule has 5 rings (SSSR count). The van der Waals surface area contributed by atoms with Crippen LogP contribution in [0.2, 0.25) is 5.02 Å². The van der Waals surface area contributed by atoms with Gasteiger partial charge in [-0.2, -0.15) is 5.10 Å². The summed E-state index contributed by atoms with van der Waals surface area (Å²) in [5.41, 5.74) is 4.30. The van der Waals surface area contributed by atoms with E-state index in [4.69, 9.17) is 11.6 Å². The number of nitrogens with zero attached hydrogens (tertiary/aromatic N) is 5. The monoisotopic (exact) mass is 421 g/mol. The van der Waals surface area contributed by atoms with Gasteiger partial charge in [-0.3, -0.25) is 4.79 Å². The lowest BCUT2D eigenvalue weighted by molar-refractivity contribution is 0.183. The molecule has 3 heterocycles. The molecule has 1 fully saturated rings. The molecule has 1 saturated carbocycles. The summed E-state index contributed by atoms with van der Waals surface area (Å²) in [4.78, 5) is 13.3. The molecule has 1 aliphatic rings. The third-order valence-electron chi connectivity index (χ3n) is 6.74. The summed E-state index contributed by atoms with van der Waals surface area (Å²) in [6, 6.07) is 9.73. The number of hydrogen-bond donors (Lipinski definition) is 0. The summed E-state index contributed by atoms with van der Waals surface area (Å²) >= 11 is 6.04. The topological polar surface area (TPSA) is 65.1 Å². The highest BCUT2D eigenvalue weighted by Crippen LogP contribution is 2.37. The third kappa shape index (κ3) is 2.93. The van der Waals surface area contributed by atoms with Gasteiger partial charge in [-0.15, -0.1) is 10.2 Å². The van der Waals surface area contributed by atoms with Crippen LogP contribution in [0.15, 0.2) is 41.3 Å². The molecule has 0 amide bonds. The van der Waals surface area contributed by atoms with Crippen molar-refractivity contribution in [1.29, 1.82) is 0 Å². The Balaban J connectivity index is 1.68. The minimum absolute atomic E-state index is 0.0888. The zero-order valence-electron chi connectivity index (χ0n) is 17.3. The summed E-state index contributed by atoms with van der Waals surface area (Å²) in [7, 11) is 0. The average Bonchev–Trinajstić information content (AvgIpc) is 3.08. The van der Waals surface area contributed by atoms with Crippen molar-refractivity contribution in [1.82, 2.24) is 24.4 Å². The predicted molar refractivity (Wildman–Crippen MR) is 119 cm³/mol. The summed E-state index contributed by atoms with van der Waals surface area (Å²) in [6.45, 7) is 6.46. The lowest BCUT2D eigenvalue weighted by Gasteiger charge is -2.35. The fraction of sp³-hybridized carbons (Fsp3) is 0.391. The molecule has 3 atom stereocenters. The van der Waals surface area contributed by atoms with Crippen LogP contribution in [-0.2, 0) is 0 Å². The lowest BCUT2D eigenvalue weighted by atomic mass is 9.78. The largest absolute Gasteiger partial charge is 0.310 e. The number of hydrogen-bond acceptors (Lipinski definition) is 4. The number of pyridine rings is 1. The first kappa shape index (κ1) is 19.2. The fourth-order valence-electron chi connectivity index (χ4n) is 4.83. The second-order valence-corrected chi connectivity index (χ2v) is 8.94. The van der Waals surface area contributed by atoms with E-state index in [1.807, 2.05) is 48.0 Å². The Hall–Kier alpha value is -2.73.